The van der Waals surface area contributed by atoms with Gasteiger partial charge in [0.25, 0.3) is 0 Å². The van der Waals surface area contributed by atoms with Crippen LogP contribution in [0.5, 0.6) is 0 Å². The molecule has 0 amide bonds. The fourth-order valence-electron chi connectivity index (χ4n) is 9.06. The lowest BCUT2D eigenvalue weighted by Gasteiger charge is -2.36. The summed E-state index contributed by atoms with van der Waals surface area (Å²) in [6, 6.07) is 0. The number of methoxy groups -OCH3 is 2. The zero-order valence-corrected chi connectivity index (χ0v) is 47.2. The van der Waals surface area contributed by atoms with Gasteiger partial charge in [0, 0.05) is 211 Å². The summed E-state index contributed by atoms with van der Waals surface area (Å²) in [5.74, 6) is -7.94. The fraction of sp³-hybridized carbons (Fsp3) is 0.880. The lowest BCUT2D eigenvalue weighted by molar-refractivity contribution is -0.308. The first-order valence-electron chi connectivity index (χ1n) is 27.4. The molecule has 2 N–H and O–H groups in total. The van der Waals surface area contributed by atoms with Crippen molar-refractivity contribution in [2.45, 2.75) is 12.2 Å². The number of hydrogen-bond acceptors (Lipinski definition) is 30. The van der Waals surface area contributed by atoms with E-state index < -0.39 is 87.3 Å². The fourth-order valence-corrected chi connectivity index (χ4v) is 9.06. The van der Waals surface area contributed by atoms with E-state index in [1.165, 1.54) is 0 Å². The summed E-state index contributed by atoms with van der Waals surface area (Å²) in [6.45, 7) is 6.05. The van der Waals surface area contributed by atoms with Crippen LogP contribution in [0.2, 0.25) is 0 Å². The average Bonchev–Trinajstić information content (AvgIpc) is 3.37. The summed E-state index contributed by atoms with van der Waals surface area (Å²) in [5, 5.41) is 93.8. The molecule has 2 saturated heterocycles. The third-order valence-corrected chi connectivity index (χ3v) is 13.3. The second-order valence-electron chi connectivity index (χ2n) is 19.8. The molecule has 466 valence electrons. The van der Waals surface area contributed by atoms with Crippen LogP contribution in [0.15, 0.2) is 0 Å². The maximum absolute atomic E-state index is 11.8. The zero-order valence-electron chi connectivity index (χ0n) is 47.2. The molecule has 2 heterocycles. The second-order valence-corrected chi connectivity index (χ2v) is 19.8. The first-order chi connectivity index (χ1) is 38.3. The zero-order chi connectivity index (χ0) is 58.9. The van der Waals surface area contributed by atoms with Crippen LogP contribution in [0.3, 0.4) is 0 Å². The lowest BCUT2D eigenvalue weighted by Crippen LogP contribution is -2.52. The molecule has 2 aliphatic rings. The molecule has 2 rings (SSSR count). The molecule has 2 fully saturated rings. The number of hydrogen-bond donors (Lipinski definition) is 2. The van der Waals surface area contributed by atoms with E-state index >= 15 is 0 Å². The van der Waals surface area contributed by atoms with Gasteiger partial charge in [0.15, 0.2) is 0 Å². The number of ether oxygens (including phenoxy) is 6. The number of rotatable bonds is 41. The first-order valence-corrected chi connectivity index (χ1v) is 27.4. The third kappa shape index (κ3) is 38.7. The third-order valence-electron chi connectivity index (χ3n) is 13.3. The van der Waals surface area contributed by atoms with Gasteiger partial charge in [0.2, 0.25) is 0 Å². The number of β-amino-alcohol motifs (C(OH)–C–C–N with tert-alkyl or cyclic N) is 2. The summed E-state index contributed by atoms with van der Waals surface area (Å²) in [5.41, 5.74) is 0. The first kappa shape index (κ1) is 72.2. The number of aliphatic hydroxyl groups excluding tert-OH is 2. The van der Waals surface area contributed by atoms with Crippen LogP contribution < -0.4 is 30.6 Å². The van der Waals surface area contributed by atoms with Crippen molar-refractivity contribution in [1.29, 1.82) is 0 Å². The highest BCUT2D eigenvalue weighted by atomic mass is 16.5. The van der Waals surface area contributed by atoms with Crippen molar-refractivity contribution in [3.8, 4) is 0 Å². The minimum absolute atomic E-state index is 0.108. The molecule has 2 unspecified atom stereocenters. The van der Waals surface area contributed by atoms with Crippen molar-refractivity contribution >= 4 is 35.8 Å². The van der Waals surface area contributed by atoms with E-state index in [0.29, 0.717) is 79.0 Å². The standard InChI is InChI=1S/C50H96N10O20/c1-75-25-27-79-31-29-77-23-21-59(35-43(61)33-51-3-7-53(37-45(63)64)11-15-57(41-49(71)72)16-12-54(8-4-51)38-46(65)66)19-20-60(22-24-78-30-32-80-28-26-76-2)36-44(62)34-52-5-9-55(39-47(67)68)13-17-58(42-50(73)74)18-14-56(10-6-52)40-48(69)70/h43-44,61-62H,3-42H2,1-2H3,(H,63,64)(H,65,66)(H,67,68)(H,69,70)(H,71,72)(H,73,74)/p-6. The number of nitrogens with zero attached hydrogens (tertiary/aromatic N) is 10. The molecular weight excluding hydrogens is 1060 g/mol. The van der Waals surface area contributed by atoms with Crippen LogP contribution in [0.1, 0.15) is 0 Å². The molecule has 2 aliphatic heterocycles. The highest BCUT2D eigenvalue weighted by molar-refractivity contribution is 5.68. The number of carbonyl (C=O) groups is 6. The van der Waals surface area contributed by atoms with Crippen LogP contribution in [0.25, 0.3) is 0 Å². The predicted molar refractivity (Wildman–Crippen MR) is 273 cm³/mol. The second kappa shape index (κ2) is 44.7. The highest BCUT2D eigenvalue weighted by Gasteiger charge is 2.24. The summed E-state index contributed by atoms with van der Waals surface area (Å²) in [6.07, 6.45) is -1.97. The maximum Gasteiger partial charge on any atom is 0.0793 e. The Morgan fingerprint density at radius 3 is 0.750 bits per heavy atom. The van der Waals surface area contributed by atoms with Gasteiger partial charge < -0.3 is 98.0 Å². The van der Waals surface area contributed by atoms with E-state index in [0.717, 1.165) is 0 Å². The summed E-state index contributed by atoms with van der Waals surface area (Å²) >= 11 is 0. The molecule has 0 bridgehead atoms. The molecule has 0 radical (unpaired) electrons. The topological polar surface area (TPSA) is 369 Å². The summed E-state index contributed by atoms with van der Waals surface area (Å²) in [4.78, 5) is 87.6. The quantitative estimate of drug-likeness (QED) is 0.0537. The van der Waals surface area contributed by atoms with Crippen molar-refractivity contribution in [3.63, 3.8) is 0 Å². The smallest absolute Gasteiger partial charge is 0.0793 e. The Morgan fingerprint density at radius 1 is 0.338 bits per heavy atom. The van der Waals surface area contributed by atoms with Crippen molar-refractivity contribution < 1.29 is 98.0 Å². The van der Waals surface area contributed by atoms with E-state index in [9.17, 15) is 69.6 Å². The van der Waals surface area contributed by atoms with Gasteiger partial charge in [0.05, 0.1) is 114 Å². The van der Waals surface area contributed by atoms with Gasteiger partial charge in [-0.2, -0.15) is 0 Å². The van der Waals surface area contributed by atoms with Gasteiger partial charge in [-0.25, -0.2) is 0 Å². The van der Waals surface area contributed by atoms with E-state index in [1.807, 2.05) is 19.6 Å². The van der Waals surface area contributed by atoms with Crippen molar-refractivity contribution in [3.05, 3.63) is 0 Å². The van der Waals surface area contributed by atoms with Gasteiger partial charge in [-0.3, -0.25) is 49.0 Å². The van der Waals surface area contributed by atoms with Crippen LogP contribution in [-0.2, 0) is 57.2 Å². The normalized spacial score (nSPS) is 18.5. The molecule has 0 spiro atoms. The molecule has 0 aromatic carbocycles. The molecule has 30 nitrogen and oxygen atoms in total. The SMILES string of the molecule is COCCOCCOCCN(CCN(CCOCCOCCOC)CC(O)CN1CCN(CC(=O)[O-])CCN(CC(=O)[O-])CCN(CC(=O)[O-])CC1)CC(O)CN1CCN(CC(=O)[O-])CCN(CC(=O)[O-])CCN(CC(=O)[O-])CC1. The van der Waals surface area contributed by atoms with Crippen molar-refractivity contribution in [2.75, 3.05) is 277 Å². The van der Waals surface area contributed by atoms with Crippen molar-refractivity contribution in [1.82, 2.24) is 49.0 Å². The van der Waals surface area contributed by atoms with Gasteiger partial charge in [-0.1, -0.05) is 0 Å². The average molecular weight is 1150 g/mol. The molecule has 0 aliphatic carbocycles. The minimum atomic E-state index is -1.33. The monoisotopic (exact) mass is 1150 g/mol. The number of carbonyl (C=O) groups excluding carboxylic acids is 6. The molecule has 30 heteroatoms. The van der Waals surface area contributed by atoms with Crippen LogP contribution >= 0.6 is 0 Å². The van der Waals surface area contributed by atoms with Gasteiger partial charge in [-0.05, 0) is 0 Å². The number of carboxylic acid groups (broad SMARTS) is 6. The molecule has 0 aromatic heterocycles. The maximum atomic E-state index is 11.8. The number of aliphatic carboxylic acids is 6. The Morgan fingerprint density at radius 2 is 0.537 bits per heavy atom. The molecule has 80 heavy (non-hydrogen) atoms. The molecule has 2 atom stereocenters. The van der Waals surface area contributed by atoms with Gasteiger partial charge in [0.1, 0.15) is 0 Å². The van der Waals surface area contributed by atoms with Crippen molar-refractivity contribution in [2.24, 2.45) is 0 Å². The van der Waals surface area contributed by atoms with Gasteiger partial charge >= 0.3 is 0 Å². The van der Waals surface area contributed by atoms with Crippen LogP contribution in [-0.4, -0.2) is 384 Å². The molecular formula is C50H90N10O20-6. The lowest BCUT2D eigenvalue weighted by atomic mass is 10.2. The summed E-state index contributed by atoms with van der Waals surface area (Å²) in [7, 11) is 3.14. The Balaban J connectivity index is 2.37. The highest BCUT2D eigenvalue weighted by Crippen LogP contribution is 2.07. The largest absolute Gasteiger partial charge is 0.549 e. The molecule has 0 saturated carbocycles. The Kier molecular flexibility index (Phi) is 40.3. The molecule has 0 aromatic rings. The van der Waals surface area contributed by atoms with Crippen LogP contribution in [0, 0.1) is 0 Å². The van der Waals surface area contributed by atoms with E-state index in [4.69, 9.17) is 28.4 Å². The Bertz CT molecular complexity index is 1520. The van der Waals surface area contributed by atoms with E-state index in [-0.39, 0.29) is 144 Å². The minimum Gasteiger partial charge on any atom is -0.549 e. The van der Waals surface area contributed by atoms with E-state index in [1.54, 1.807) is 43.6 Å². The van der Waals surface area contributed by atoms with E-state index in [2.05, 4.69) is 0 Å². The number of aliphatic hydroxyl groups is 2. The Hall–Kier alpha value is -3.90. The predicted octanol–water partition coefficient (Wildman–Crippen LogP) is -13.4. The Labute approximate surface area is 470 Å². The summed E-state index contributed by atoms with van der Waals surface area (Å²) < 4.78 is 33.0. The van der Waals surface area contributed by atoms with Gasteiger partial charge in [-0.15, -0.1) is 0 Å². The van der Waals surface area contributed by atoms with Crippen LogP contribution in [0.4, 0.5) is 0 Å². The number of carboxylic acids is 6.